The van der Waals surface area contributed by atoms with Crippen LogP contribution in [0.3, 0.4) is 0 Å². The van der Waals surface area contributed by atoms with Crippen molar-refractivity contribution in [1.82, 2.24) is 0 Å². The second-order valence-electron chi connectivity index (χ2n) is 4.85. The molecule has 0 atom stereocenters. The maximum absolute atomic E-state index is 3.76. The molecule has 74 valence electrons. The fourth-order valence-electron chi connectivity index (χ4n) is 1.88. The molecule has 0 heterocycles. The van der Waals surface area contributed by atoms with E-state index in [4.69, 9.17) is 0 Å². The van der Waals surface area contributed by atoms with Gasteiger partial charge in [-0.25, -0.2) is 0 Å². The Labute approximate surface area is 95.2 Å². The molecule has 1 aliphatic rings. The van der Waals surface area contributed by atoms with E-state index in [0.717, 1.165) is 6.42 Å². The van der Waals surface area contributed by atoms with E-state index in [0.29, 0.717) is 0 Å². The summed E-state index contributed by atoms with van der Waals surface area (Å²) in [7, 11) is -1.20. The second kappa shape index (κ2) is 3.35. The number of fused-ring (bicyclic) bond motifs is 1. The van der Waals surface area contributed by atoms with Gasteiger partial charge < -0.3 is 0 Å². The van der Waals surface area contributed by atoms with Crippen LogP contribution >= 0.6 is 15.9 Å². The zero-order valence-corrected chi connectivity index (χ0v) is 11.5. The van der Waals surface area contributed by atoms with Crippen LogP contribution in [0.15, 0.2) is 22.7 Å². The van der Waals surface area contributed by atoms with E-state index >= 15 is 0 Å². The van der Waals surface area contributed by atoms with Crippen molar-refractivity contribution in [2.45, 2.75) is 26.1 Å². The molecule has 2 rings (SSSR count). The maximum Gasteiger partial charge on any atom is 0.0790 e. The monoisotopic (exact) mass is 266 g/mol. The van der Waals surface area contributed by atoms with Gasteiger partial charge in [0.05, 0.1) is 8.07 Å². The van der Waals surface area contributed by atoms with E-state index in [2.05, 4.69) is 59.9 Å². The van der Waals surface area contributed by atoms with Crippen LogP contribution in [0.5, 0.6) is 0 Å². The molecule has 2 heteroatoms. The molecular weight excluding hydrogens is 252 g/mol. The van der Waals surface area contributed by atoms with Crippen LogP contribution < -0.4 is 5.19 Å². The number of allylic oxidation sites excluding steroid dienone is 1. The highest BCUT2D eigenvalue weighted by molar-refractivity contribution is 9.10. The van der Waals surface area contributed by atoms with Crippen molar-refractivity contribution in [2.75, 3.05) is 0 Å². The fourth-order valence-corrected chi connectivity index (χ4v) is 5.58. The minimum Gasteiger partial charge on any atom is -0.0795 e. The fraction of sp³-hybridized carbons (Fsp3) is 0.333. The zero-order valence-electron chi connectivity index (χ0n) is 8.89. The SMILES string of the molecule is C[Si](C)(C)c1ccc2c(c1Br)CC=C2. The van der Waals surface area contributed by atoms with Crippen LogP contribution in [0.25, 0.3) is 6.08 Å². The lowest BCUT2D eigenvalue weighted by atomic mass is 10.1. The predicted molar refractivity (Wildman–Crippen MR) is 69.9 cm³/mol. The third-order valence-electron chi connectivity index (χ3n) is 2.71. The third kappa shape index (κ3) is 1.61. The Balaban J connectivity index is 2.58. The molecule has 0 unspecified atom stereocenters. The topological polar surface area (TPSA) is 0 Å². The summed E-state index contributed by atoms with van der Waals surface area (Å²) in [6.45, 7) is 7.17. The van der Waals surface area contributed by atoms with E-state index in [1.165, 1.54) is 15.6 Å². The molecule has 1 aromatic carbocycles. The van der Waals surface area contributed by atoms with E-state index in [1.54, 1.807) is 5.19 Å². The van der Waals surface area contributed by atoms with Crippen LogP contribution in [0.4, 0.5) is 0 Å². The van der Waals surface area contributed by atoms with Gasteiger partial charge in [0.1, 0.15) is 0 Å². The highest BCUT2D eigenvalue weighted by Gasteiger charge is 2.22. The standard InChI is InChI=1S/C12H15BrSi/c1-14(2,3)11-8-7-9-5-4-6-10(9)12(11)13/h4-5,7-8H,6H2,1-3H3. The lowest BCUT2D eigenvalue weighted by Crippen LogP contribution is -2.39. The highest BCUT2D eigenvalue weighted by Crippen LogP contribution is 2.27. The minimum atomic E-state index is -1.20. The molecule has 1 aromatic rings. The highest BCUT2D eigenvalue weighted by atomic mass is 79.9. The second-order valence-corrected chi connectivity index (χ2v) is 10.7. The van der Waals surface area contributed by atoms with Crippen molar-refractivity contribution < 1.29 is 0 Å². The normalized spacial score (nSPS) is 14.6. The van der Waals surface area contributed by atoms with Gasteiger partial charge in [0, 0.05) is 4.47 Å². The summed E-state index contributed by atoms with van der Waals surface area (Å²) in [6.07, 6.45) is 5.55. The summed E-state index contributed by atoms with van der Waals surface area (Å²) in [5, 5.41) is 1.54. The van der Waals surface area contributed by atoms with E-state index in [-0.39, 0.29) is 0 Å². The van der Waals surface area contributed by atoms with E-state index in [9.17, 15) is 0 Å². The molecular formula is C12H15BrSi. The number of hydrogen-bond acceptors (Lipinski definition) is 0. The summed E-state index contributed by atoms with van der Waals surface area (Å²) < 4.78 is 1.36. The van der Waals surface area contributed by atoms with Crippen molar-refractivity contribution in [2.24, 2.45) is 0 Å². The molecule has 0 spiro atoms. The van der Waals surface area contributed by atoms with E-state index < -0.39 is 8.07 Å². The van der Waals surface area contributed by atoms with Gasteiger partial charge in [0.2, 0.25) is 0 Å². The number of halogens is 1. The first-order valence-corrected chi connectivity index (χ1v) is 9.28. The Morgan fingerprint density at radius 2 is 1.93 bits per heavy atom. The molecule has 0 N–H and O–H groups in total. The van der Waals surface area contributed by atoms with Crippen LogP contribution in [0.2, 0.25) is 19.6 Å². The Kier molecular flexibility index (Phi) is 2.44. The Morgan fingerprint density at radius 3 is 2.57 bits per heavy atom. The van der Waals surface area contributed by atoms with Gasteiger partial charge >= 0.3 is 0 Å². The molecule has 0 aliphatic heterocycles. The smallest absolute Gasteiger partial charge is 0.0790 e. The molecule has 0 saturated heterocycles. The zero-order chi connectivity index (χ0) is 10.3. The number of benzene rings is 1. The Hall–Kier alpha value is -0.343. The van der Waals surface area contributed by atoms with Crippen molar-refractivity contribution in [3.05, 3.63) is 33.8 Å². The first-order valence-electron chi connectivity index (χ1n) is 4.98. The summed E-state index contributed by atoms with van der Waals surface area (Å²) in [5.41, 5.74) is 2.86. The van der Waals surface area contributed by atoms with Gasteiger partial charge in [-0.1, -0.05) is 59.9 Å². The average Bonchev–Trinajstić information content (AvgIpc) is 2.50. The minimum absolute atomic E-state index is 1.09. The molecule has 0 saturated carbocycles. The average molecular weight is 267 g/mol. The summed E-state index contributed by atoms with van der Waals surface area (Å²) in [6, 6.07) is 4.56. The van der Waals surface area contributed by atoms with Crippen molar-refractivity contribution in [1.29, 1.82) is 0 Å². The van der Waals surface area contributed by atoms with Crippen molar-refractivity contribution in [3.63, 3.8) is 0 Å². The lowest BCUT2D eigenvalue weighted by molar-refractivity contribution is 1.29. The van der Waals surface area contributed by atoms with Crippen LogP contribution in [-0.4, -0.2) is 8.07 Å². The predicted octanol–water partition coefficient (Wildman–Crippen LogP) is 3.56. The van der Waals surface area contributed by atoms with Crippen LogP contribution in [-0.2, 0) is 6.42 Å². The Bertz CT molecular complexity index is 400. The van der Waals surface area contributed by atoms with Crippen LogP contribution in [0.1, 0.15) is 11.1 Å². The van der Waals surface area contributed by atoms with Crippen molar-refractivity contribution >= 4 is 35.3 Å². The molecule has 0 bridgehead atoms. The largest absolute Gasteiger partial charge is 0.0795 e. The van der Waals surface area contributed by atoms with Gasteiger partial charge in [-0.3, -0.25) is 0 Å². The molecule has 0 aromatic heterocycles. The maximum atomic E-state index is 3.76. The lowest BCUT2D eigenvalue weighted by Gasteiger charge is -2.20. The van der Waals surface area contributed by atoms with Gasteiger partial charge in [0.15, 0.2) is 0 Å². The first kappa shape index (κ1) is 10.2. The molecule has 1 aliphatic carbocycles. The van der Waals surface area contributed by atoms with E-state index in [1.807, 2.05) is 0 Å². The number of hydrogen-bond donors (Lipinski definition) is 0. The van der Waals surface area contributed by atoms with Gasteiger partial charge in [-0.2, -0.15) is 0 Å². The first-order chi connectivity index (χ1) is 6.50. The number of rotatable bonds is 1. The van der Waals surface area contributed by atoms with Crippen LogP contribution in [0, 0.1) is 0 Å². The quantitative estimate of drug-likeness (QED) is 0.682. The molecule has 0 fully saturated rings. The van der Waals surface area contributed by atoms with Crippen molar-refractivity contribution in [3.8, 4) is 0 Å². The summed E-state index contributed by atoms with van der Waals surface area (Å²) in [4.78, 5) is 0. The summed E-state index contributed by atoms with van der Waals surface area (Å²) in [5.74, 6) is 0. The molecule has 14 heavy (non-hydrogen) atoms. The molecule has 0 radical (unpaired) electrons. The van der Waals surface area contributed by atoms with Gasteiger partial charge in [0.25, 0.3) is 0 Å². The van der Waals surface area contributed by atoms with Gasteiger partial charge in [-0.15, -0.1) is 0 Å². The summed E-state index contributed by atoms with van der Waals surface area (Å²) >= 11 is 3.76. The van der Waals surface area contributed by atoms with Gasteiger partial charge in [-0.05, 0) is 22.7 Å². The third-order valence-corrected chi connectivity index (χ3v) is 6.01. The Morgan fingerprint density at radius 1 is 1.21 bits per heavy atom. The molecule has 0 amide bonds. The molecule has 0 nitrogen and oxygen atoms in total.